The molecule has 0 spiro atoms. The van der Waals surface area contributed by atoms with Crippen molar-refractivity contribution in [3.8, 4) is 0 Å². The zero-order valence-corrected chi connectivity index (χ0v) is 9.46. The van der Waals surface area contributed by atoms with Crippen molar-refractivity contribution in [1.82, 2.24) is 0 Å². The summed E-state index contributed by atoms with van der Waals surface area (Å²) in [4.78, 5) is 10.1. The minimum absolute atomic E-state index is 0.0615. The van der Waals surface area contributed by atoms with E-state index in [1.165, 1.54) is 0 Å². The Balaban J connectivity index is 2.62. The van der Waals surface area contributed by atoms with Gasteiger partial charge in [0, 0.05) is 0 Å². The van der Waals surface area contributed by atoms with Crippen molar-refractivity contribution >= 4 is 5.69 Å². The molecule has 1 fully saturated rings. The van der Waals surface area contributed by atoms with E-state index in [4.69, 9.17) is 5.73 Å². The molecule has 0 aromatic heterocycles. The molecule has 6 heteroatoms. The second kappa shape index (κ2) is 3.22. The quantitative estimate of drug-likeness (QED) is 0.639. The molecule has 1 aliphatic rings. The van der Waals surface area contributed by atoms with Gasteiger partial charge in [0.25, 0.3) is 5.69 Å². The van der Waals surface area contributed by atoms with E-state index in [1.807, 2.05) is 13.8 Å². The van der Waals surface area contributed by atoms with Crippen LogP contribution in [0.1, 0.15) is 25.8 Å². The Kier molecular flexibility index (Phi) is 2.26. The fourth-order valence-corrected chi connectivity index (χ4v) is 2.16. The first-order valence-electron chi connectivity index (χ1n) is 5.12. The highest BCUT2D eigenvalue weighted by Gasteiger charge is 2.61. The molecule has 92 valence electrons. The van der Waals surface area contributed by atoms with Crippen molar-refractivity contribution in [3.05, 3.63) is 39.4 Å². The molecule has 1 aliphatic carbocycles. The van der Waals surface area contributed by atoms with Gasteiger partial charge in [-0.05, 0) is 17.9 Å². The molecule has 0 heterocycles. The molecule has 2 N–H and O–H groups in total. The molecule has 0 amide bonds. The van der Waals surface area contributed by atoms with Crippen molar-refractivity contribution in [3.63, 3.8) is 0 Å². The Morgan fingerprint density at radius 3 is 2.24 bits per heavy atom. The molecule has 2 rings (SSSR count). The monoisotopic (exact) mass is 242 g/mol. The van der Waals surface area contributed by atoms with Crippen molar-refractivity contribution in [2.24, 2.45) is 11.1 Å². The molecular weight excluding hydrogens is 230 g/mol. The summed E-state index contributed by atoms with van der Waals surface area (Å²) in [6, 6.07) is 1.43. The second-order valence-corrected chi connectivity index (χ2v) is 5.07. The number of nitrogens with two attached hydrogens (primary N) is 1. The van der Waals surface area contributed by atoms with Crippen LogP contribution < -0.4 is 5.73 Å². The van der Waals surface area contributed by atoms with E-state index >= 15 is 0 Å². The van der Waals surface area contributed by atoms with Gasteiger partial charge in [-0.25, -0.2) is 8.78 Å². The molecule has 0 saturated heterocycles. The van der Waals surface area contributed by atoms with Gasteiger partial charge < -0.3 is 5.73 Å². The minimum Gasteiger partial charge on any atom is -0.321 e. The first-order valence-corrected chi connectivity index (χ1v) is 5.12. The Morgan fingerprint density at radius 2 is 1.82 bits per heavy atom. The molecule has 1 aromatic carbocycles. The molecule has 1 atom stereocenters. The average Bonchev–Trinajstić information content (AvgIpc) is 2.70. The minimum atomic E-state index is -1.23. The lowest BCUT2D eigenvalue weighted by atomic mass is 9.95. The summed E-state index contributed by atoms with van der Waals surface area (Å²) in [5.74, 6) is -2.35. The van der Waals surface area contributed by atoms with Gasteiger partial charge in [-0.15, -0.1) is 0 Å². The van der Waals surface area contributed by atoms with Crippen molar-refractivity contribution in [1.29, 1.82) is 0 Å². The summed E-state index contributed by atoms with van der Waals surface area (Å²) in [6.07, 6.45) is 0.506. The molecule has 1 aromatic rings. The first-order chi connectivity index (χ1) is 7.69. The first kappa shape index (κ1) is 11.9. The third-order valence-electron chi connectivity index (χ3n) is 3.52. The Bertz CT molecular complexity index is 516. The third-order valence-corrected chi connectivity index (χ3v) is 3.52. The van der Waals surface area contributed by atoms with Crippen LogP contribution in [0.3, 0.4) is 0 Å². The number of hydrogen-bond donors (Lipinski definition) is 1. The second-order valence-electron chi connectivity index (χ2n) is 5.07. The number of nitrogens with zero attached hydrogens (tertiary/aromatic N) is 1. The van der Waals surface area contributed by atoms with Gasteiger partial charge >= 0.3 is 0 Å². The Labute approximate surface area is 96.6 Å². The fraction of sp³-hybridized carbons (Fsp3) is 0.455. The SMILES string of the molecule is CC1(C)CC1(N)c1cc(F)c(F)cc1[N+](=O)[O-]. The molecule has 17 heavy (non-hydrogen) atoms. The number of rotatable bonds is 2. The summed E-state index contributed by atoms with van der Waals surface area (Å²) in [6.45, 7) is 3.66. The van der Waals surface area contributed by atoms with Gasteiger partial charge in [0.1, 0.15) is 0 Å². The van der Waals surface area contributed by atoms with Crippen LogP contribution in [0.4, 0.5) is 14.5 Å². The third kappa shape index (κ3) is 1.59. The summed E-state index contributed by atoms with van der Waals surface area (Å²) >= 11 is 0. The number of hydrogen-bond acceptors (Lipinski definition) is 3. The molecule has 0 aliphatic heterocycles. The fourth-order valence-electron chi connectivity index (χ4n) is 2.16. The van der Waals surface area contributed by atoms with E-state index in [1.54, 1.807) is 0 Å². The zero-order valence-electron chi connectivity index (χ0n) is 9.46. The number of nitro benzene ring substituents is 1. The molecule has 0 radical (unpaired) electrons. The Hall–Kier alpha value is -1.56. The van der Waals surface area contributed by atoms with Crippen LogP contribution in [-0.4, -0.2) is 4.92 Å². The summed E-state index contributed by atoms with van der Waals surface area (Å²) in [7, 11) is 0. The highest BCUT2D eigenvalue weighted by molar-refractivity contribution is 5.50. The number of nitro groups is 1. The van der Waals surface area contributed by atoms with Gasteiger partial charge in [-0.3, -0.25) is 10.1 Å². The summed E-state index contributed by atoms with van der Waals surface area (Å²) < 4.78 is 26.2. The van der Waals surface area contributed by atoms with E-state index in [0.29, 0.717) is 12.5 Å². The van der Waals surface area contributed by atoms with Gasteiger partial charge in [0.15, 0.2) is 11.6 Å². The zero-order chi connectivity index (χ0) is 13.0. The maximum absolute atomic E-state index is 13.2. The lowest BCUT2D eigenvalue weighted by Gasteiger charge is -2.15. The topological polar surface area (TPSA) is 69.2 Å². The smallest absolute Gasteiger partial charge is 0.277 e. The predicted octanol–water partition coefficient (Wildman–Crippen LogP) is 2.46. The number of halogens is 2. The van der Waals surface area contributed by atoms with Gasteiger partial charge in [0.05, 0.1) is 22.1 Å². The predicted molar refractivity (Wildman–Crippen MR) is 57.3 cm³/mol. The van der Waals surface area contributed by atoms with Crippen LogP contribution >= 0.6 is 0 Å². The summed E-state index contributed by atoms with van der Waals surface area (Å²) in [5, 5.41) is 10.8. The molecular formula is C11H12F2N2O2. The average molecular weight is 242 g/mol. The van der Waals surface area contributed by atoms with Crippen LogP contribution in [0.25, 0.3) is 0 Å². The van der Waals surface area contributed by atoms with Crippen LogP contribution in [0.2, 0.25) is 0 Å². The van der Waals surface area contributed by atoms with E-state index in [-0.39, 0.29) is 11.0 Å². The number of benzene rings is 1. The molecule has 1 saturated carbocycles. The maximum Gasteiger partial charge on any atom is 0.277 e. The standard InChI is InChI=1S/C11H12F2N2O2/c1-10(2)5-11(10,14)6-3-7(12)8(13)4-9(6)15(16)17/h3-4H,5,14H2,1-2H3. The van der Waals surface area contributed by atoms with E-state index in [2.05, 4.69) is 0 Å². The van der Waals surface area contributed by atoms with E-state index in [9.17, 15) is 18.9 Å². The van der Waals surface area contributed by atoms with E-state index in [0.717, 1.165) is 6.07 Å². The van der Waals surface area contributed by atoms with Crippen molar-refractivity contribution in [2.75, 3.05) is 0 Å². The van der Waals surface area contributed by atoms with Crippen molar-refractivity contribution < 1.29 is 13.7 Å². The highest BCUT2D eigenvalue weighted by Crippen LogP contribution is 2.61. The van der Waals surface area contributed by atoms with Gasteiger partial charge in [0.2, 0.25) is 0 Å². The van der Waals surface area contributed by atoms with E-state index < -0.39 is 27.8 Å². The Morgan fingerprint density at radius 1 is 1.35 bits per heavy atom. The lowest BCUT2D eigenvalue weighted by Crippen LogP contribution is -2.27. The molecule has 1 unspecified atom stereocenters. The molecule has 0 bridgehead atoms. The van der Waals surface area contributed by atoms with Crippen LogP contribution in [0.15, 0.2) is 12.1 Å². The largest absolute Gasteiger partial charge is 0.321 e. The summed E-state index contributed by atoms with van der Waals surface area (Å²) in [5.41, 5.74) is 4.31. The maximum atomic E-state index is 13.2. The van der Waals surface area contributed by atoms with Gasteiger partial charge in [-0.1, -0.05) is 13.8 Å². The van der Waals surface area contributed by atoms with Crippen LogP contribution in [0, 0.1) is 27.2 Å². The van der Waals surface area contributed by atoms with Crippen LogP contribution in [0.5, 0.6) is 0 Å². The molecule has 4 nitrogen and oxygen atoms in total. The lowest BCUT2D eigenvalue weighted by molar-refractivity contribution is -0.386. The highest BCUT2D eigenvalue weighted by atomic mass is 19.2. The van der Waals surface area contributed by atoms with Crippen molar-refractivity contribution in [2.45, 2.75) is 25.8 Å². The van der Waals surface area contributed by atoms with Gasteiger partial charge in [-0.2, -0.15) is 0 Å². The van der Waals surface area contributed by atoms with Crippen LogP contribution in [-0.2, 0) is 5.54 Å². The normalized spacial score (nSPS) is 25.7.